The molecule has 0 bridgehead atoms. The van der Waals surface area contributed by atoms with Crippen LogP contribution in [0.4, 0.5) is 13.2 Å². The molecule has 6 nitrogen and oxygen atoms in total. The second-order valence-corrected chi connectivity index (χ2v) is 7.68. The first kappa shape index (κ1) is 19.3. The molecular formula is C14H13ClF3N3O3S. The molecular weight excluding hydrogens is 383 g/mol. The number of aromatic amines is 1. The highest BCUT2D eigenvalue weighted by atomic mass is 35.5. The van der Waals surface area contributed by atoms with Crippen molar-refractivity contribution in [1.29, 1.82) is 0 Å². The molecule has 0 unspecified atom stereocenters. The van der Waals surface area contributed by atoms with Crippen LogP contribution in [0, 0.1) is 0 Å². The lowest BCUT2D eigenvalue weighted by Gasteiger charge is -2.12. The molecule has 0 spiro atoms. The third kappa shape index (κ3) is 4.31. The van der Waals surface area contributed by atoms with Crippen LogP contribution in [0.25, 0.3) is 0 Å². The first-order valence-corrected chi connectivity index (χ1v) is 8.99. The third-order valence-electron chi connectivity index (χ3n) is 3.34. The van der Waals surface area contributed by atoms with Crippen LogP contribution in [0.1, 0.15) is 28.5 Å². The van der Waals surface area contributed by atoms with Gasteiger partial charge in [0.2, 0.25) is 0 Å². The van der Waals surface area contributed by atoms with Crippen LogP contribution in [-0.2, 0) is 22.6 Å². The lowest BCUT2D eigenvalue weighted by Crippen LogP contribution is -2.26. The first-order chi connectivity index (χ1) is 11.6. The SMILES string of the molecule is CCS(=O)(=O)c1ccc(Cl)cc1CNC(=O)c1cn[nH]c1C(F)(F)F. The van der Waals surface area contributed by atoms with Gasteiger partial charge in [-0.15, -0.1) is 0 Å². The van der Waals surface area contributed by atoms with Crippen molar-refractivity contribution in [2.75, 3.05) is 5.75 Å². The van der Waals surface area contributed by atoms with Crippen LogP contribution >= 0.6 is 11.6 Å². The van der Waals surface area contributed by atoms with Crippen molar-refractivity contribution in [3.63, 3.8) is 0 Å². The van der Waals surface area contributed by atoms with Crippen molar-refractivity contribution in [3.8, 4) is 0 Å². The van der Waals surface area contributed by atoms with E-state index in [4.69, 9.17) is 11.6 Å². The van der Waals surface area contributed by atoms with Crippen LogP contribution in [-0.4, -0.2) is 30.3 Å². The zero-order chi connectivity index (χ0) is 18.8. The molecule has 0 saturated carbocycles. The maximum absolute atomic E-state index is 12.8. The fourth-order valence-electron chi connectivity index (χ4n) is 2.09. The Morgan fingerprint density at radius 2 is 2.04 bits per heavy atom. The van der Waals surface area contributed by atoms with E-state index in [2.05, 4.69) is 10.4 Å². The van der Waals surface area contributed by atoms with E-state index in [-0.39, 0.29) is 27.8 Å². The summed E-state index contributed by atoms with van der Waals surface area (Å²) in [6.07, 6.45) is -4.02. The minimum atomic E-state index is -4.77. The molecule has 0 fully saturated rings. The maximum Gasteiger partial charge on any atom is 0.433 e. The van der Waals surface area contributed by atoms with Gasteiger partial charge in [0.05, 0.1) is 22.4 Å². The van der Waals surface area contributed by atoms with E-state index in [1.54, 1.807) is 5.10 Å². The van der Waals surface area contributed by atoms with E-state index < -0.39 is 33.2 Å². The summed E-state index contributed by atoms with van der Waals surface area (Å²) in [5.41, 5.74) is -1.79. The lowest BCUT2D eigenvalue weighted by molar-refractivity contribution is -0.141. The topological polar surface area (TPSA) is 91.9 Å². The van der Waals surface area contributed by atoms with Gasteiger partial charge in [0, 0.05) is 11.6 Å². The first-order valence-electron chi connectivity index (χ1n) is 6.96. The van der Waals surface area contributed by atoms with Crippen molar-refractivity contribution < 1.29 is 26.4 Å². The summed E-state index contributed by atoms with van der Waals surface area (Å²) in [6, 6.07) is 4.01. The summed E-state index contributed by atoms with van der Waals surface area (Å²) >= 11 is 5.84. The Morgan fingerprint density at radius 3 is 2.64 bits per heavy atom. The molecule has 2 aromatic rings. The number of nitrogens with zero attached hydrogens (tertiary/aromatic N) is 1. The number of amides is 1. The van der Waals surface area contributed by atoms with Gasteiger partial charge in [-0.25, -0.2) is 8.42 Å². The van der Waals surface area contributed by atoms with Gasteiger partial charge in [-0.3, -0.25) is 9.89 Å². The molecule has 0 saturated heterocycles. The minimum Gasteiger partial charge on any atom is -0.348 e. The summed E-state index contributed by atoms with van der Waals surface area (Å²) in [5.74, 6) is -1.21. The predicted molar refractivity (Wildman–Crippen MR) is 83.9 cm³/mol. The van der Waals surface area contributed by atoms with Crippen LogP contribution in [0.2, 0.25) is 5.02 Å². The minimum absolute atomic E-state index is 0.0389. The Balaban J connectivity index is 2.27. The smallest absolute Gasteiger partial charge is 0.348 e. The Morgan fingerprint density at radius 1 is 1.36 bits per heavy atom. The van der Waals surface area contributed by atoms with Crippen molar-refractivity contribution >= 4 is 27.3 Å². The standard InChI is InChI=1S/C14H13ClF3N3O3S/c1-2-25(23,24)11-4-3-9(15)5-8(11)6-19-13(22)10-7-20-21-12(10)14(16,17)18/h3-5,7H,2,6H2,1H3,(H,19,22)(H,20,21). The number of alkyl halides is 3. The fraction of sp³-hybridized carbons (Fsp3) is 0.286. The normalized spacial score (nSPS) is 12.2. The number of halogens is 4. The third-order valence-corrected chi connectivity index (χ3v) is 5.41. The van der Waals surface area contributed by atoms with Crippen LogP contribution < -0.4 is 5.32 Å². The number of nitrogens with one attached hydrogen (secondary N) is 2. The molecule has 1 amide bonds. The lowest BCUT2D eigenvalue weighted by atomic mass is 10.2. The highest BCUT2D eigenvalue weighted by Gasteiger charge is 2.37. The molecule has 11 heteroatoms. The predicted octanol–water partition coefficient (Wildman–Crippen LogP) is 2.81. The summed E-state index contributed by atoms with van der Waals surface area (Å²) in [5, 5.41) is 7.44. The van der Waals surface area contributed by atoms with Crippen LogP contribution in [0.5, 0.6) is 0 Å². The summed E-state index contributed by atoms with van der Waals surface area (Å²) in [7, 11) is -3.59. The quantitative estimate of drug-likeness (QED) is 0.814. The molecule has 1 heterocycles. The molecule has 2 rings (SSSR count). The maximum atomic E-state index is 12.8. The van der Waals surface area contributed by atoms with E-state index >= 15 is 0 Å². The van der Waals surface area contributed by atoms with Gasteiger partial charge in [-0.2, -0.15) is 18.3 Å². The van der Waals surface area contributed by atoms with Crippen LogP contribution in [0.15, 0.2) is 29.3 Å². The number of carbonyl (C=O) groups is 1. The van der Waals surface area contributed by atoms with E-state index in [0.29, 0.717) is 0 Å². The fourth-order valence-corrected chi connectivity index (χ4v) is 3.40. The Bertz CT molecular complexity index is 894. The number of benzene rings is 1. The number of H-pyrrole nitrogens is 1. The van der Waals surface area contributed by atoms with E-state index in [9.17, 15) is 26.4 Å². The van der Waals surface area contributed by atoms with E-state index in [1.165, 1.54) is 25.1 Å². The average molecular weight is 396 g/mol. The number of hydrogen-bond donors (Lipinski definition) is 2. The molecule has 1 aromatic heterocycles. The number of sulfone groups is 1. The zero-order valence-corrected chi connectivity index (χ0v) is 14.4. The number of rotatable bonds is 5. The Labute approximate surface area is 146 Å². The summed E-state index contributed by atoms with van der Waals surface area (Å²) < 4.78 is 62.5. The molecule has 0 aliphatic heterocycles. The van der Waals surface area contributed by atoms with E-state index in [1.807, 2.05) is 0 Å². The summed E-state index contributed by atoms with van der Waals surface area (Å²) in [6.45, 7) is 1.14. The second kappa shape index (κ2) is 7.04. The van der Waals surface area contributed by atoms with Crippen molar-refractivity contribution in [2.45, 2.75) is 24.5 Å². The number of hydrogen-bond acceptors (Lipinski definition) is 4. The Hall–Kier alpha value is -2.07. The van der Waals surface area contributed by atoms with E-state index in [0.717, 1.165) is 6.20 Å². The molecule has 0 atom stereocenters. The monoisotopic (exact) mass is 395 g/mol. The Kier molecular flexibility index (Phi) is 5.43. The molecule has 0 aliphatic carbocycles. The number of carbonyl (C=O) groups excluding carboxylic acids is 1. The van der Waals surface area contributed by atoms with Crippen molar-refractivity contribution in [2.24, 2.45) is 0 Å². The van der Waals surface area contributed by atoms with Gasteiger partial charge in [0.15, 0.2) is 15.5 Å². The highest BCUT2D eigenvalue weighted by Crippen LogP contribution is 2.30. The molecule has 1 aromatic carbocycles. The molecule has 2 N–H and O–H groups in total. The van der Waals surface area contributed by atoms with Gasteiger partial charge < -0.3 is 5.32 Å². The molecule has 25 heavy (non-hydrogen) atoms. The second-order valence-electron chi connectivity index (χ2n) is 4.99. The largest absolute Gasteiger partial charge is 0.433 e. The molecule has 136 valence electrons. The van der Waals surface area contributed by atoms with Gasteiger partial charge >= 0.3 is 6.18 Å². The van der Waals surface area contributed by atoms with Gasteiger partial charge in [-0.1, -0.05) is 18.5 Å². The van der Waals surface area contributed by atoms with Gasteiger partial charge in [0.1, 0.15) is 0 Å². The molecule has 0 aliphatic rings. The summed E-state index contributed by atoms with van der Waals surface area (Å²) in [4.78, 5) is 12.0. The van der Waals surface area contributed by atoms with Crippen molar-refractivity contribution in [1.82, 2.24) is 15.5 Å². The average Bonchev–Trinajstić information content (AvgIpc) is 3.02. The van der Waals surface area contributed by atoms with Gasteiger partial charge in [0.25, 0.3) is 5.91 Å². The number of aromatic nitrogens is 2. The van der Waals surface area contributed by atoms with Crippen molar-refractivity contribution in [3.05, 3.63) is 46.2 Å². The van der Waals surface area contributed by atoms with Crippen LogP contribution in [0.3, 0.4) is 0 Å². The highest BCUT2D eigenvalue weighted by molar-refractivity contribution is 7.91. The molecule has 0 radical (unpaired) electrons. The van der Waals surface area contributed by atoms with Gasteiger partial charge in [-0.05, 0) is 23.8 Å². The zero-order valence-electron chi connectivity index (χ0n) is 12.8.